The molecule has 0 aliphatic carbocycles. The largest absolute Gasteiger partial charge is 0.314 e. The van der Waals surface area contributed by atoms with Crippen molar-refractivity contribution in [3.05, 3.63) is 0 Å². The van der Waals surface area contributed by atoms with Gasteiger partial charge in [0.15, 0.2) is 0 Å². The highest BCUT2D eigenvalue weighted by Gasteiger charge is 2.29. The number of sulfone groups is 1. The van der Waals surface area contributed by atoms with E-state index in [4.69, 9.17) is 0 Å². The van der Waals surface area contributed by atoms with Crippen molar-refractivity contribution in [2.45, 2.75) is 32.7 Å². The molecule has 1 fully saturated rings. The highest BCUT2D eigenvalue weighted by Crippen LogP contribution is 2.18. The van der Waals surface area contributed by atoms with Gasteiger partial charge in [0.2, 0.25) is 0 Å². The van der Waals surface area contributed by atoms with E-state index in [1.54, 1.807) is 6.92 Å². The van der Waals surface area contributed by atoms with E-state index in [0.717, 1.165) is 13.0 Å². The Morgan fingerprint density at radius 1 is 1.47 bits per heavy atom. The van der Waals surface area contributed by atoms with Crippen LogP contribution in [-0.2, 0) is 14.6 Å². The summed E-state index contributed by atoms with van der Waals surface area (Å²) in [6, 6.07) is 0.196. The number of carbonyl (C=O) groups excluding carboxylic acids is 1. The Balaban J connectivity index is 2.43. The molecule has 15 heavy (non-hydrogen) atoms. The third-order valence-electron chi connectivity index (χ3n) is 3.04. The van der Waals surface area contributed by atoms with Gasteiger partial charge in [0.05, 0.1) is 5.75 Å². The summed E-state index contributed by atoms with van der Waals surface area (Å²) in [6.07, 6.45) is 1.01. The van der Waals surface area contributed by atoms with Gasteiger partial charge in [0.25, 0.3) is 0 Å². The van der Waals surface area contributed by atoms with Gasteiger partial charge in [-0.2, -0.15) is 0 Å². The van der Waals surface area contributed by atoms with Gasteiger partial charge in [-0.05, 0) is 19.9 Å². The summed E-state index contributed by atoms with van der Waals surface area (Å²) in [6.45, 7) is 4.45. The van der Waals surface area contributed by atoms with E-state index < -0.39 is 9.84 Å². The predicted molar refractivity (Wildman–Crippen MR) is 59.5 cm³/mol. The number of Topliss-reactive ketones (excluding diaryl/α,β-unsaturated/α-hetero) is 1. The Bertz CT molecular complexity index is 324. The normalized spacial score (nSPS) is 26.8. The smallest absolute Gasteiger partial charge is 0.150 e. The lowest BCUT2D eigenvalue weighted by Crippen LogP contribution is -2.29. The molecule has 5 heteroatoms. The van der Waals surface area contributed by atoms with E-state index in [2.05, 4.69) is 5.32 Å². The fourth-order valence-electron chi connectivity index (χ4n) is 1.88. The van der Waals surface area contributed by atoms with Crippen LogP contribution in [0.1, 0.15) is 26.7 Å². The number of rotatable bonds is 5. The molecule has 0 bridgehead atoms. The molecule has 2 unspecified atom stereocenters. The lowest BCUT2D eigenvalue weighted by atomic mass is 9.95. The molecule has 0 aromatic rings. The third-order valence-corrected chi connectivity index (χ3v) is 4.74. The quantitative estimate of drug-likeness (QED) is 0.745. The van der Waals surface area contributed by atoms with E-state index in [1.807, 2.05) is 6.92 Å². The summed E-state index contributed by atoms with van der Waals surface area (Å²) in [4.78, 5) is 11.7. The third kappa shape index (κ3) is 3.57. The van der Waals surface area contributed by atoms with Crippen LogP contribution in [0.25, 0.3) is 0 Å². The van der Waals surface area contributed by atoms with E-state index in [0.29, 0.717) is 0 Å². The molecule has 0 aromatic heterocycles. The van der Waals surface area contributed by atoms with E-state index >= 15 is 0 Å². The summed E-state index contributed by atoms with van der Waals surface area (Å²) in [5.74, 6) is 0.228. The van der Waals surface area contributed by atoms with Gasteiger partial charge in [-0.15, -0.1) is 0 Å². The second kappa shape index (κ2) is 5.07. The van der Waals surface area contributed by atoms with Crippen LogP contribution in [0.2, 0.25) is 0 Å². The molecular weight excluding hydrogens is 214 g/mol. The van der Waals surface area contributed by atoms with Crippen LogP contribution in [0.5, 0.6) is 0 Å². The standard InChI is InChI=1S/C10H19NO3S/c1-3-15(13,14)7-5-10(12)9-4-6-11-8(9)2/h8-9,11H,3-7H2,1-2H3. The summed E-state index contributed by atoms with van der Waals surface area (Å²) in [5, 5.41) is 3.19. The minimum Gasteiger partial charge on any atom is -0.314 e. The molecule has 0 radical (unpaired) electrons. The highest BCUT2D eigenvalue weighted by molar-refractivity contribution is 7.91. The predicted octanol–water partition coefficient (Wildman–Crippen LogP) is 0.378. The fraction of sp³-hybridized carbons (Fsp3) is 0.900. The first-order valence-electron chi connectivity index (χ1n) is 5.43. The maximum absolute atomic E-state index is 11.7. The van der Waals surface area contributed by atoms with Crippen LogP contribution in [0.4, 0.5) is 0 Å². The zero-order valence-corrected chi connectivity index (χ0v) is 10.1. The fourth-order valence-corrected chi connectivity index (χ4v) is 2.69. The number of hydrogen-bond donors (Lipinski definition) is 1. The molecule has 1 saturated heterocycles. The lowest BCUT2D eigenvalue weighted by molar-refractivity contribution is -0.122. The van der Waals surface area contributed by atoms with Crippen LogP contribution in [0.15, 0.2) is 0 Å². The number of carbonyl (C=O) groups is 1. The summed E-state index contributed by atoms with van der Waals surface area (Å²) < 4.78 is 22.5. The Morgan fingerprint density at radius 2 is 2.13 bits per heavy atom. The van der Waals surface area contributed by atoms with Crippen LogP contribution in [0, 0.1) is 5.92 Å². The Hall–Kier alpha value is -0.420. The summed E-state index contributed by atoms with van der Waals surface area (Å²) >= 11 is 0. The maximum atomic E-state index is 11.7. The minimum atomic E-state index is -3.00. The molecule has 1 aliphatic heterocycles. The Morgan fingerprint density at radius 3 is 2.60 bits per heavy atom. The first kappa shape index (κ1) is 12.6. The van der Waals surface area contributed by atoms with Gasteiger partial charge in [-0.1, -0.05) is 6.92 Å². The zero-order chi connectivity index (χ0) is 11.5. The van der Waals surface area contributed by atoms with Gasteiger partial charge in [0.1, 0.15) is 15.6 Å². The zero-order valence-electron chi connectivity index (χ0n) is 9.32. The lowest BCUT2D eigenvalue weighted by Gasteiger charge is -2.13. The average molecular weight is 233 g/mol. The first-order valence-corrected chi connectivity index (χ1v) is 7.25. The Kier molecular flexibility index (Phi) is 4.28. The molecule has 88 valence electrons. The second-order valence-electron chi connectivity index (χ2n) is 4.09. The van der Waals surface area contributed by atoms with Gasteiger partial charge in [0, 0.05) is 24.1 Å². The highest BCUT2D eigenvalue weighted by atomic mass is 32.2. The van der Waals surface area contributed by atoms with E-state index in [-0.39, 0.29) is 35.7 Å². The summed E-state index contributed by atoms with van der Waals surface area (Å²) in [7, 11) is -3.00. The van der Waals surface area contributed by atoms with Crippen LogP contribution in [0.3, 0.4) is 0 Å². The van der Waals surface area contributed by atoms with Crippen molar-refractivity contribution in [1.82, 2.24) is 5.32 Å². The molecule has 1 aliphatic rings. The van der Waals surface area contributed by atoms with Gasteiger partial charge < -0.3 is 5.32 Å². The van der Waals surface area contributed by atoms with Gasteiger partial charge >= 0.3 is 0 Å². The van der Waals surface area contributed by atoms with Gasteiger partial charge in [-0.3, -0.25) is 4.79 Å². The van der Waals surface area contributed by atoms with Crippen molar-refractivity contribution >= 4 is 15.6 Å². The van der Waals surface area contributed by atoms with Crippen molar-refractivity contribution < 1.29 is 13.2 Å². The topological polar surface area (TPSA) is 63.2 Å². The minimum absolute atomic E-state index is 0.00551. The SMILES string of the molecule is CCS(=O)(=O)CCC(=O)C1CCNC1C. The van der Waals surface area contributed by atoms with Crippen molar-refractivity contribution in [2.75, 3.05) is 18.1 Å². The molecule has 0 saturated carbocycles. The summed E-state index contributed by atoms with van der Waals surface area (Å²) in [5.41, 5.74) is 0. The molecule has 4 nitrogen and oxygen atoms in total. The van der Waals surface area contributed by atoms with Crippen LogP contribution in [-0.4, -0.2) is 38.3 Å². The molecule has 2 atom stereocenters. The van der Waals surface area contributed by atoms with Crippen LogP contribution < -0.4 is 5.32 Å². The van der Waals surface area contributed by atoms with E-state index in [1.165, 1.54) is 0 Å². The molecule has 0 spiro atoms. The number of ketones is 1. The van der Waals surface area contributed by atoms with E-state index in [9.17, 15) is 13.2 Å². The Labute approximate surface area is 91.4 Å². The maximum Gasteiger partial charge on any atom is 0.150 e. The molecule has 0 aromatic carbocycles. The van der Waals surface area contributed by atoms with Crippen molar-refractivity contribution in [1.29, 1.82) is 0 Å². The monoisotopic (exact) mass is 233 g/mol. The van der Waals surface area contributed by atoms with Crippen molar-refractivity contribution in [2.24, 2.45) is 5.92 Å². The molecule has 1 rings (SSSR count). The molecule has 1 heterocycles. The number of nitrogens with one attached hydrogen (secondary N) is 1. The van der Waals surface area contributed by atoms with Crippen LogP contribution >= 0.6 is 0 Å². The number of hydrogen-bond acceptors (Lipinski definition) is 4. The van der Waals surface area contributed by atoms with Crippen molar-refractivity contribution in [3.63, 3.8) is 0 Å². The molecule has 1 N–H and O–H groups in total. The van der Waals surface area contributed by atoms with Gasteiger partial charge in [-0.25, -0.2) is 8.42 Å². The molecule has 0 amide bonds. The average Bonchev–Trinajstić information content (AvgIpc) is 2.61. The second-order valence-corrected chi connectivity index (χ2v) is 6.56. The van der Waals surface area contributed by atoms with Crippen molar-refractivity contribution in [3.8, 4) is 0 Å². The molecular formula is C10H19NO3S. The first-order chi connectivity index (χ1) is 6.96.